The van der Waals surface area contributed by atoms with Gasteiger partial charge in [0.1, 0.15) is 0 Å². The van der Waals surface area contributed by atoms with E-state index in [4.69, 9.17) is 0 Å². The van der Waals surface area contributed by atoms with Crippen LogP contribution in [0.15, 0.2) is 30.3 Å². The lowest BCUT2D eigenvalue weighted by Crippen LogP contribution is -2.59. The molecular formula is C22H30N2O2. The van der Waals surface area contributed by atoms with Crippen LogP contribution in [0.3, 0.4) is 0 Å². The van der Waals surface area contributed by atoms with Gasteiger partial charge in [0.15, 0.2) is 0 Å². The second-order valence-electron chi connectivity index (χ2n) is 8.95. The van der Waals surface area contributed by atoms with Crippen molar-refractivity contribution in [2.24, 2.45) is 17.8 Å². The van der Waals surface area contributed by atoms with E-state index in [1.165, 1.54) is 19.3 Å². The van der Waals surface area contributed by atoms with Gasteiger partial charge in [0.2, 0.25) is 11.8 Å². The van der Waals surface area contributed by atoms with Crippen molar-refractivity contribution in [3.05, 3.63) is 35.9 Å². The molecule has 4 bridgehead atoms. The van der Waals surface area contributed by atoms with E-state index in [1.807, 2.05) is 37.3 Å². The fourth-order valence-corrected chi connectivity index (χ4v) is 5.99. The van der Waals surface area contributed by atoms with E-state index in [1.54, 1.807) is 0 Å². The minimum absolute atomic E-state index is 0.0325. The van der Waals surface area contributed by atoms with E-state index in [2.05, 4.69) is 10.6 Å². The van der Waals surface area contributed by atoms with Crippen LogP contribution in [0.1, 0.15) is 69.9 Å². The third-order valence-electron chi connectivity index (χ3n) is 6.70. The summed E-state index contributed by atoms with van der Waals surface area (Å²) in [5.41, 5.74) is 1.12. The smallest absolute Gasteiger partial charge is 0.220 e. The van der Waals surface area contributed by atoms with Crippen molar-refractivity contribution in [1.82, 2.24) is 10.6 Å². The molecule has 140 valence electrons. The Bertz CT molecular complexity index is 635. The summed E-state index contributed by atoms with van der Waals surface area (Å²) in [5.74, 6) is 2.45. The fraction of sp³-hybridized carbons (Fsp3) is 0.636. The third-order valence-corrected chi connectivity index (χ3v) is 6.70. The SMILES string of the molecule is C[C@H](NC(=O)CCC(=O)NC12CC3CC(CC(C3)C1)C2)c1ccccc1. The lowest BCUT2D eigenvalue weighted by Gasteiger charge is -2.56. The van der Waals surface area contributed by atoms with Crippen LogP contribution in [-0.2, 0) is 9.59 Å². The van der Waals surface area contributed by atoms with Crippen LogP contribution in [-0.4, -0.2) is 17.4 Å². The predicted octanol–water partition coefficient (Wildman–Crippen LogP) is 3.73. The van der Waals surface area contributed by atoms with Crippen molar-refractivity contribution in [3.63, 3.8) is 0 Å². The number of rotatable bonds is 6. The molecule has 0 unspecified atom stereocenters. The molecule has 4 heteroatoms. The predicted molar refractivity (Wildman–Crippen MR) is 101 cm³/mol. The second kappa shape index (κ2) is 7.05. The van der Waals surface area contributed by atoms with Gasteiger partial charge < -0.3 is 10.6 Å². The van der Waals surface area contributed by atoms with Gasteiger partial charge in [0, 0.05) is 18.4 Å². The molecule has 0 aliphatic heterocycles. The topological polar surface area (TPSA) is 58.2 Å². The van der Waals surface area contributed by atoms with Crippen molar-refractivity contribution in [2.75, 3.05) is 0 Å². The van der Waals surface area contributed by atoms with Crippen LogP contribution in [0.4, 0.5) is 0 Å². The van der Waals surface area contributed by atoms with Crippen LogP contribution in [0.25, 0.3) is 0 Å². The molecule has 0 aromatic heterocycles. The van der Waals surface area contributed by atoms with Gasteiger partial charge in [-0.15, -0.1) is 0 Å². The molecule has 0 spiro atoms. The Morgan fingerprint density at radius 3 is 2.08 bits per heavy atom. The zero-order valence-electron chi connectivity index (χ0n) is 15.7. The highest BCUT2D eigenvalue weighted by molar-refractivity contribution is 5.84. The Morgan fingerprint density at radius 2 is 1.50 bits per heavy atom. The highest BCUT2D eigenvalue weighted by atomic mass is 16.2. The van der Waals surface area contributed by atoms with E-state index in [0.717, 1.165) is 42.6 Å². The van der Waals surface area contributed by atoms with Crippen LogP contribution in [0.5, 0.6) is 0 Å². The molecular weight excluding hydrogens is 324 g/mol. The molecule has 1 aromatic carbocycles. The molecule has 0 heterocycles. The molecule has 4 nitrogen and oxygen atoms in total. The molecule has 4 aliphatic carbocycles. The standard InChI is InChI=1S/C22H30N2O2/c1-15(19-5-3-2-4-6-19)23-20(25)7-8-21(26)24-22-12-16-9-17(13-22)11-18(10-16)14-22/h2-6,15-18H,7-14H2,1H3,(H,23,25)(H,24,26)/t15-,16?,17?,18?,22?/m0/s1. The summed E-state index contributed by atoms with van der Waals surface area (Å²) < 4.78 is 0. The maximum Gasteiger partial charge on any atom is 0.220 e. The minimum atomic E-state index is -0.0537. The van der Waals surface area contributed by atoms with Crippen molar-refractivity contribution in [2.45, 2.75) is 69.9 Å². The van der Waals surface area contributed by atoms with E-state index in [9.17, 15) is 9.59 Å². The molecule has 1 aromatic rings. The summed E-state index contributed by atoms with van der Waals surface area (Å²) in [4.78, 5) is 24.7. The molecule has 2 amide bonds. The van der Waals surface area contributed by atoms with Gasteiger partial charge in [-0.3, -0.25) is 9.59 Å². The highest BCUT2D eigenvalue weighted by Crippen LogP contribution is 2.55. The summed E-state index contributed by atoms with van der Waals surface area (Å²) in [6.45, 7) is 1.97. The van der Waals surface area contributed by atoms with Crippen molar-refractivity contribution < 1.29 is 9.59 Å². The number of carbonyl (C=O) groups is 2. The van der Waals surface area contributed by atoms with Crippen LogP contribution >= 0.6 is 0 Å². The number of hydrogen-bond donors (Lipinski definition) is 2. The molecule has 0 radical (unpaired) electrons. The third kappa shape index (κ3) is 3.79. The molecule has 2 N–H and O–H groups in total. The summed E-state index contributed by atoms with van der Waals surface area (Å²) in [7, 11) is 0. The maximum atomic E-state index is 12.5. The first-order chi connectivity index (χ1) is 12.5. The summed E-state index contributed by atoms with van der Waals surface area (Å²) in [5, 5.41) is 6.34. The molecule has 5 rings (SSSR count). The number of amides is 2. The van der Waals surface area contributed by atoms with Gasteiger partial charge in [-0.1, -0.05) is 30.3 Å². The molecule has 1 atom stereocenters. The average Bonchev–Trinajstić information content (AvgIpc) is 2.59. The van der Waals surface area contributed by atoms with Gasteiger partial charge in [-0.05, 0) is 68.8 Å². The summed E-state index contributed by atoms with van der Waals surface area (Å²) in [6.07, 6.45) is 8.12. The van der Waals surface area contributed by atoms with Crippen LogP contribution < -0.4 is 10.6 Å². The lowest BCUT2D eigenvalue weighted by atomic mass is 9.53. The van der Waals surface area contributed by atoms with Crippen molar-refractivity contribution in [1.29, 1.82) is 0 Å². The number of hydrogen-bond acceptors (Lipinski definition) is 2. The van der Waals surface area contributed by atoms with E-state index in [-0.39, 0.29) is 36.2 Å². The zero-order valence-corrected chi connectivity index (χ0v) is 15.7. The Kier molecular flexibility index (Phi) is 4.76. The Hall–Kier alpha value is -1.84. The molecule has 26 heavy (non-hydrogen) atoms. The number of nitrogens with one attached hydrogen (secondary N) is 2. The average molecular weight is 354 g/mol. The Balaban J connectivity index is 1.25. The summed E-state index contributed by atoms with van der Waals surface area (Å²) >= 11 is 0. The van der Waals surface area contributed by atoms with E-state index in [0.29, 0.717) is 0 Å². The first kappa shape index (κ1) is 17.6. The zero-order chi connectivity index (χ0) is 18.1. The van der Waals surface area contributed by atoms with Gasteiger partial charge in [0.05, 0.1) is 6.04 Å². The molecule has 4 fully saturated rings. The molecule has 4 saturated carbocycles. The van der Waals surface area contributed by atoms with Crippen LogP contribution in [0, 0.1) is 17.8 Å². The first-order valence-corrected chi connectivity index (χ1v) is 10.2. The Morgan fingerprint density at radius 1 is 0.962 bits per heavy atom. The van der Waals surface area contributed by atoms with Gasteiger partial charge >= 0.3 is 0 Å². The summed E-state index contributed by atoms with van der Waals surface area (Å²) in [6, 6.07) is 9.88. The Labute approximate surface area is 156 Å². The fourth-order valence-electron chi connectivity index (χ4n) is 5.99. The number of benzene rings is 1. The second-order valence-corrected chi connectivity index (χ2v) is 8.95. The van der Waals surface area contributed by atoms with Crippen LogP contribution in [0.2, 0.25) is 0 Å². The molecule has 4 aliphatic rings. The van der Waals surface area contributed by atoms with E-state index < -0.39 is 0 Å². The van der Waals surface area contributed by atoms with Gasteiger partial charge in [-0.25, -0.2) is 0 Å². The van der Waals surface area contributed by atoms with Crippen molar-refractivity contribution in [3.8, 4) is 0 Å². The lowest BCUT2D eigenvalue weighted by molar-refractivity contribution is -0.130. The largest absolute Gasteiger partial charge is 0.351 e. The highest BCUT2D eigenvalue weighted by Gasteiger charge is 2.51. The normalized spacial score (nSPS) is 32.9. The number of carbonyl (C=O) groups excluding carboxylic acids is 2. The minimum Gasteiger partial charge on any atom is -0.351 e. The van der Waals surface area contributed by atoms with E-state index >= 15 is 0 Å². The maximum absolute atomic E-state index is 12.5. The quantitative estimate of drug-likeness (QED) is 0.818. The van der Waals surface area contributed by atoms with Crippen molar-refractivity contribution >= 4 is 11.8 Å². The molecule has 0 saturated heterocycles. The van der Waals surface area contributed by atoms with Gasteiger partial charge in [-0.2, -0.15) is 0 Å². The monoisotopic (exact) mass is 354 g/mol. The van der Waals surface area contributed by atoms with Gasteiger partial charge in [0.25, 0.3) is 0 Å². The first-order valence-electron chi connectivity index (χ1n) is 10.2.